The van der Waals surface area contributed by atoms with Crippen molar-refractivity contribution in [2.24, 2.45) is 0 Å². The predicted molar refractivity (Wildman–Crippen MR) is 43.4 cm³/mol. The Labute approximate surface area is 66.6 Å². The largest absolute Gasteiger partial charge is 0.304 e. The molecule has 60 valence electrons. The quantitative estimate of drug-likeness (QED) is 0.591. The van der Waals surface area contributed by atoms with Crippen molar-refractivity contribution in [2.45, 2.75) is 12.5 Å². The molecule has 1 fully saturated rings. The van der Waals surface area contributed by atoms with E-state index in [0.29, 0.717) is 6.04 Å². The van der Waals surface area contributed by atoms with Crippen molar-refractivity contribution in [1.29, 1.82) is 0 Å². The van der Waals surface area contributed by atoms with Gasteiger partial charge in [-0.2, -0.15) is 5.10 Å². The molecule has 0 amide bonds. The van der Waals surface area contributed by atoms with Gasteiger partial charge in [-0.1, -0.05) is 0 Å². The molecular formula is C8H13N3. The van der Waals surface area contributed by atoms with E-state index in [2.05, 4.69) is 21.7 Å². The van der Waals surface area contributed by atoms with Gasteiger partial charge in [-0.25, -0.2) is 0 Å². The second kappa shape index (κ2) is 2.66. The third-order valence-electron chi connectivity index (χ3n) is 2.27. The Bertz CT molecular complexity index is 217. The molecule has 2 rings (SSSR count). The highest BCUT2D eigenvalue weighted by Crippen LogP contribution is 2.18. The first-order chi connectivity index (χ1) is 5.36. The fourth-order valence-electron chi connectivity index (χ4n) is 1.62. The lowest BCUT2D eigenvalue weighted by atomic mass is 10.3. The number of rotatable bonds is 1. The van der Waals surface area contributed by atoms with Gasteiger partial charge < -0.3 is 4.90 Å². The molecule has 0 aliphatic carbocycles. The van der Waals surface area contributed by atoms with Crippen LogP contribution in [0.15, 0.2) is 18.5 Å². The number of aromatic nitrogens is 2. The van der Waals surface area contributed by atoms with Crippen molar-refractivity contribution in [2.75, 3.05) is 20.1 Å². The van der Waals surface area contributed by atoms with Crippen LogP contribution in [0.25, 0.3) is 0 Å². The van der Waals surface area contributed by atoms with Gasteiger partial charge in [0.2, 0.25) is 0 Å². The average molecular weight is 151 g/mol. The van der Waals surface area contributed by atoms with Crippen LogP contribution in [0.5, 0.6) is 0 Å². The number of likely N-dealkylation sites (tertiary alicyclic amines) is 1. The van der Waals surface area contributed by atoms with Crippen LogP contribution in [0, 0.1) is 0 Å². The zero-order chi connectivity index (χ0) is 7.68. The summed E-state index contributed by atoms with van der Waals surface area (Å²) in [6, 6.07) is 2.59. The maximum absolute atomic E-state index is 4.22. The predicted octanol–water partition coefficient (Wildman–Crippen LogP) is 0.760. The molecule has 3 nitrogen and oxygen atoms in total. The lowest BCUT2D eigenvalue weighted by molar-refractivity contribution is 0.382. The SMILES string of the molecule is CN1CC[C@H](n2cccn2)C1. The van der Waals surface area contributed by atoms with E-state index in [0.717, 1.165) is 6.54 Å². The lowest BCUT2D eigenvalue weighted by Gasteiger charge is -2.09. The van der Waals surface area contributed by atoms with Crippen LogP contribution in [0.3, 0.4) is 0 Å². The Morgan fingerprint density at radius 3 is 3.00 bits per heavy atom. The maximum Gasteiger partial charge on any atom is 0.0658 e. The van der Waals surface area contributed by atoms with E-state index < -0.39 is 0 Å². The maximum atomic E-state index is 4.22. The Hall–Kier alpha value is -0.830. The highest BCUT2D eigenvalue weighted by atomic mass is 15.3. The Balaban J connectivity index is 2.08. The molecule has 1 aliphatic rings. The minimum absolute atomic E-state index is 0.606. The monoisotopic (exact) mass is 151 g/mol. The highest BCUT2D eigenvalue weighted by Gasteiger charge is 2.20. The summed E-state index contributed by atoms with van der Waals surface area (Å²) in [4.78, 5) is 2.34. The van der Waals surface area contributed by atoms with Gasteiger partial charge in [-0.3, -0.25) is 4.68 Å². The second-order valence-electron chi connectivity index (χ2n) is 3.19. The molecule has 1 aromatic rings. The van der Waals surface area contributed by atoms with Crippen LogP contribution < -0.4 is 0 Å². The molecule has 1 saturated heterocycles. The van der Waals surface area contributed by atoms with E-state index in [-0.39, 0.29) is 0 Å². The Morgan fingerprint density at radius 2 is 2.45 bits per heavy atom. The summed E-state index contributed by atoms with van der Waals surface area (Å²) in [6.45, 7) is 2.34. The van der Waals surface area contributed by atoms with Gasteiger partial charge in [0, 0.05) is 18.9 Å². The molecule has 1 aliphatic heterocycles. The number of likely N-dealkylation sites (N-methyl/N-ethyl adjacent to an activating group) is 1. The number of hydrogen-bond acceptors (Lipinski definition) is 2. The summed E-state index contributed by atoms with van der Waals surface area (Å²) >= 11 is 0. The van der Waals surface area contributed by atoms with Gasteiger partial charge in [0.15, 0.2) is 0 Å². The van der Waals surface area contributed by atoms with E-state index in [9.17, 15) is 0 Å². The van der Waals surface area contributed by atoms with Crippen molar-refractivity contribution in [3.05, 3.63) is 18.5 Å². The van der Waals surface area contributed by atoms with Gasteiger partial charge in [-0.05, 0) is 26.1 Å². The first-order valence-electron chi connectivity index (χ1n) is 4.04. The van der Waals surface area contributed by atoms with Gasteiger partial charge in [0.25, 0.3) is 0 Å². The summed E-state index contributed by atoms with van der Waals surface area (Å²) in [6.07, 6.45) is 5.13. The summed E-state index contributed by atoms with van der Waals surface area (Å²) < 4.78 is 2.06. The van der Waals surface area contributed by atoms with Gasteiger partial charge in [0.1, 0.15) is 0 Å². The van der Waals surface area contributed by atoms with Gasteiger partial charge in [0.05, 0.1) is 6.04 Å². The summed E-state index contributed by atoms with van der Waals surface area (Å²) in [5.74, 6) is 0. The van der Waals surface area contributed by atoms with Crippen LogP contribution in [0.2, 0.25) is 0 Å². The standard InChI is InChI=1S/C8H13N3/c1-10-6-3-8(7-10)11-5-2-4-9-11/h2,4-5,8H,3,6-7H2,1H3/t8-/m0/s1. The fraction of sp³-hybridized carbons (Fsp3) is 0.625. The second-order valence-corrected chi connectivity index (χ2v) is 3.19. The first-order valence-corrected chi connectivity index (χ1v) is 4.04. The number of nitrogens with zero attached hydrogens (tertiary/aromatic N) is 3. The van der Waals surface area contributed by atoms with Crippen LogP contribution in [-0.4, -0.2) is 34.8 Å². The van der Waals surface area contributed by atoms with Gasteiger partial charge in [-0.15, -0.1) is 0 Å². The van der Waals surface area contributed by atoms with Crippen molar-refractivity contribution in [3.8, 4) is 0 Å². The fourth-order valence-corrected chi connectivity index (χ4v) is 1.62. The van der Waals surface area contributed by atoms with Gasteiger partial charge >= 0.3 is 0 Å². The molecule has 0 spiro atoms. The molecule has 1 atom stereocenters. The average Bonchev–Trinajstić information content (AvgIpc) is 2.55. The molecule has 0 aromatic carbocycles. The minimum Gasteiger partial charge on any atom is -0.304 e. The van der Waals surface area contributed by atoms with Crippen LogP contribution in [-0.2, 0) is 0 Å². The van der Waals surface area contributed by atoms with Crippen molar-refractivity contribution in [1.82, 2.24) is 14.7 Å². The van der Waals surface area contributed by atoms with Crippen LogP contribution >= 0.6 is 0 Å². The van der Waals surface area contributed by atoms with E-state index in [1.807, 2.05) is 18.5 Å². The molecule has 0 unspecified atom stereocenters. The molecule has 0 radical (unpaired) electrons. The molecule has 1 aromatic heterocycles. The molecule has 0 saturated carbocycles. The third-order valence-corrected chi connectivity index (χ3v) is 2.27. The molecular weight excluding hydrogens is 138 g/mol. The van der Waals surface area contributed by atoms with Crippen molar-refractivity contribution >= 4 is 0 Å². The number of hydrogen-bond donors (Lipinski definition) is 0. The normalized spacial score (nSPS) is 26.1. The molecule has 11 heavy (non-hydrogen) atoms. The van der Waals surface area contributed by atoms with E-state index in [1.165, 1.54) is 13.0 Å². The van der Waals surface area contributed by atoms with Crippen molar-refractivity contribution < 1.29 is 0 Å². The zero-order valence-corrected chi connectivity index (χ0v) is 6.77. The van der Waals surface area contributed by atoms with E-state index in [1.54, 1.807) is 0 Å². The van der Waals surface area contributed by atoms with Crippen LogP contribution in [0.1, 0.15) is 12.5 Å². The summed E-state index contributed by atoms with van der Waals surface area (Å²) in [5, 5.41) is 4.22. The smallest absolute Gasteiger partial charge is 0.0658 e. The van der Waals surface area contributed by atoms with Crippen LogP contribution in [0.4, 0.5) is 0 Å². The summed E-state index contributed by atoms with van der Waals surface area (Å²) in [5.41, 5.74) is 0. The lowest BCUT2D eigenvalue weighted by Crippen LogP contribution is -2.16. The highest BCUT2D eigenvalue weighted by molar-refractivity contribution is 4.85. The zero-order valence-electron chi connectivity index (χ0n) is 6.77. The first kappa shape index (κ1) is 6.85. The molecule has 3 heteroatoms. The van der Waals surface area contributed by atoms with Crippen molar-refractivity contribution in [3.63, 3.8) is 0 Å². The van der Waals surface area contributed by atoms with E-state index in [4.69, 9.17) is 0 Å². The molecule has 2 heterocycles. The molecule has 0 bridgehead atoms. The Kier molecular flexibility index (Phi) is 1.66. The minimum atomic E-state index is 0.606. The third kappa shape index (κ3) is 1.28. The topological polar surface area (TPSA) is 21.1 Å². The Morgan fingerprint density at radius 1 is 1.55 bits per heavy atom. The summed E-state index contributed by atoms with van der Waals surface area (Å²) in [7, 11) is 2.16. The van der Waals surface area contributed by atoms with E-state index >= 15 is 0 Å². The molecule has 0 N–H and O–H groups in total.